The fourth-order valence-electron chi connectivity index (χ4n) is 10.2. The smallest absolute Gasteiger partial charge is 0.305 e. The normalized spacial score (nSPS) is 18.8. The molecule has 75 heavy (non-hydrogen) atoms. The fraction of sp³-hybridized carbons (Fsp3) is 0.906. The Morgan fingerprint density at radius 1 is 0.480 bits per heavy atom. The highest BCUT2D eigenvalue weighted by Crippen LogP contribution is 2.23. The lowest BCUT2D eigenvalue weighted by Crippen LogP contribution is -2.60. The molecule has 7 atom stereocenters. The first-order valence-electron chi connectivity index (χ1n) is 32.1. The maximum Gasteiger partial charge on any atom is 0.305 e. The number of carbonyl (C=O) groups is 2. The van der Waals surface area contributed by atoms with Gasteiger partial charge in [-0.15, -0.1) is 0 Å². The number of aliphatic hydroxyl groups excluding tert-OH is 5. The van der Waals surface area contributed by atoms with Crippen LogP contribution in [0, 0.1) is 0 Å². The molecule has 1 aliphatic rings. The van der Waals surface area contributed by atoms with Gasteiger partial charge in [-0.05, 0) is 57.8 Å². The molecular weight excluding hydrogens is 943 g/mol. The SMILES string of the molecule is CCCCCCCCC/C=C\CCCCCCCC(=O)OCCCCCCCCCCCCCCCCCCCCCCCCC(=O)NC(COC1OC(CO)C(O)C(O)C1O)C(O)/C=C/CCCCCCCCC. The molecule has 0 bridgehead atoms. The number of rotatable bonds is 56. The van der Waals surface area contributed by atoms with Gasteiger partial charge in [0.1, 0.15) is 24.4 Å². The first-order chi connectivity index (χ1) is 36.7. The number of ether oxygens (including phenoxy) is 3. The molecule has 1 aliphatic heterocycles. The van der Waals surface area contributed by atoms with E-state index in [0.717, 1.165) is 57.8 Å². The standard InChI is InChI=1S/C64H121NO10/c1-3-5-7-9-11-13-14-15-16-26-29-32-36-40-44-48-52-60(69)73-53-49-45-41-37-33-30-27-24-22-20-18-17-19-21-23-25-28-31-35-39-43-47-51-59(68)65-56(57(67)50-46-42-38-34-12-10-8-6-4-2)55-74-64-63(72)62(71)61(70)58(54-66)75-64/h16,26,46,50,56-58,61-64,66-67,70-72H,3-15,17-25,27-45,47-49,51-55H2,1-2H3,(H,65,68)/b26-16-,50-46+. The second kappa shape index (κ2) is 54.1. The molecule has 0 spiro atoms. The molecule has 0 saturated carbocycles. The molecule has 6 N–H and O–H groups in total. The van der Waals surface area contributed by atoms with Crippen LogP contribution in [0.4, 0.5) is 0 Å². The predicted molar refractivity (Wildman–Crippen MR) is 311 cm³/mol. The first-order valence-corrected chi connectivity index (χ1v) is 32.1. The fourth-order valence-corrected chi connectivity index (χ4v) is 10.2. The summed E-state index contributed by atoms with van der Waals surface area (Å²) >= 11 is 0. The molecule has 442 valence electrons. The molecule has 11 nitrogen and oxygen atoms in total. The van der Waals surface area contributed by atoms with Crippen molar-refractivity contribution in [2.75, 3.05) is 19.8 Å². The van der Waals surface area contributed by atoms with Crippen LogP contribution >= 0.6 is 0 Å². The Morgan fingerprint density at radius 3 is 1.28 bits per heavy atom. The van der Waals surface area contributed by atoms with E-state index in [1.54, 1.807) is 6.08 Å². The topological polar surface area (TPSA) is 175 Å². The number of hydrogen-bond acceptors (Lipinski definition) is 10. The van der Waals surface area contributed by atoms with Crippen molar-refractivity contribution in [3.05, 3.63) is 24.3 Å². The summed E-state index contributed by atoms with van der Waals surface area (Å²) in [7, 11) is 0. The Morgan fingerprint density at radius 2 is 0.853 bits per heavy atom. The number of hydrogen-bond donors (Lipinski definition) is 6. The van der Waals surface area contributed by atoms with Gasteiger partial charge in [0.15, 0.2) is 6.29 Å². The van der Waals surface area contributed by atoms with Crippen LogP contribution in [-0.2, 0) is 23.8 Å². The summed E-state index contributed by atoms with van der Waals surface area (Å²) in [6.45, 7) is 4.32. The van der Waals surface area contributed by atoms with E-state index in [1.165, 1.54) is 225 Å². The summed E-state index contributed by atoms with van der Waals surface area (Å²) in [5, 5.41) is 54.2. The second-order valence-electron chi connectivity index (χ2n) is 22.5. The molecule has 0 aromatic heterocycles. The van der Waals surface area contributed by atoms with Crippen LogP contribution < -0.4 is 5.32 Å². The zero-order valence-electron chi connectivity index (χ0n) is 48.8. The van der Waals surface area contributed by atoms with Crippen molar-refractivity contribution < 1.29 is 49.3 Å². The summed E-state index contributed by atoms with van der Waals surface area (Å²) < 4.78 is 16.7. The molecule has 11 heteroatoms. The number of allylic oxidation sites excluding steroid dienone is 3. The molecule has 7 unspecified atom stereocenters. The van der Waals surface area contributed by atoms with Gasteiger partial charge in [-0.2, -0.15) is 0 Å². The molecule has 1 amide bonds. The lowest BCUT2D eigenvalue weighted by Gasteiger charge is -2.40. The van der Waals surface area contributed by atoms with Gasteiger partial charge in [-0.3, -0.25) is 9.59 Å². The van der Waals surface area contributed by atoms with E-state index in [-0.39, 0.29) is 18.5 Å². The van der Waals surface area contributed by atoms with E-state index in [0.29, 0.717) is 19.4 Å². The number of esters is 1. The Hall–Kier alpha value is -1.86. The van der Waals surface area contributed by atoms with Crippen LogP contribution in [0.1, 0.15) is 309 Å². The third kappa shape index (κ3) is 43.7. The maximum absolute atomic E-state index is 13.0. The molecule has 1 rings (SSSR count). The van der Waals surface area contributed by atoms with Crippen molar-refractivity contribution in [2.45, 2.75) is 352 Å². The molecule has 1 heterocycles. The highest BCUT2D eigenvalue weighted by Gasteiger charge is 2.44. The summed E-state index contributed by atoms with van der Waals surface area (Å²) in [4.78, 5) is 25.1. The molecule has 0 aromatic rings. The van der Waals surface area contributed by atoms with Gasteiger partial charge in [0.2, 0.25) is 5.91 Å². The van der Waals surface area contributed by atoms with E-state index in [2.05, 4.69) is 31.3 Å². The van der Waals surface area contributed by atoms with Crippen LogP contribution in [0.3, 0.4) is 0 Å². The molecule has 1 saturated heterocycles. The van der Waals surface area contributed by atoms with Gasteiger partial charge in [0.05, 0.1) is 32.0 Å². The second-order valence-corrected chi connectivity index (χ2v) is 22.5. The third-order valence-electron chi connectivity index (χ3n) is 15.3. The van der Waals surface area contributed by atoms with Gasteiger partial charge in [0, 0.05) is 12.8 Å². The van der Waals surface area contributed by atoms with Gasteiger partial charge in [0.25, 0.3) is 0 Å². The number of nitrogens with one attached hydrogen (secondary N) is 1. The van der Waals surface area contributed by atoms with Gasteiger partial charge in [-0.25, -0.2) is 0 Å². The Balaban J connectivity index is 1.96. The quantitative estimate of drug-likeness (QED) is 0.0195. The molecule has 0 radical (unpaired) electrons. The third-order valence-corrected chi connectivity index (χ3v) is 15.3. The van der Waals surface area contributed by atoms with Crippen molar-refractivity contribution >= 4 is 11.9 Å². The van der Waals surface area contributed by atoms with E-state index < -0.39 is 49.5 Å². The van der Waals surface area contributed by atoms with Crippen LogP contribution in [0.2, 0.25) is 0 Å². The Kier molecular flexibility index (Phi) is 51.3. The van der Waals surface area contributed by atoms with Crippen LogP contribution in [0.15, 0.2) is 24.3 Å². The van der Waals surface area contributed by atoms with E-state index in [4.69, 9.17) is 14.2 Å². The van der Waals surface area contributed by atoms with Crippen molar-refractivity contribution in [3.63, 3.8) is 0 Å². The van der Waals surface area contributed by atoms with Crippen molar-refractivity contribution in [1.82, 2.24) is 5.32 Å². The van der Waals surface area contributed by atoms with Crippen LogP contribution in [0.25, 0.3) is 0 Å². The summed E-state index contributed by atoms with van der Waals surface area (Å²) in [6.07, 6.45) is 55.8. The molecular formula is C64H121NO10. The minimum atomic E-state index is -1.57. The van der Waals surface area contributed by atoms with Gasteiger partial charge >= 0.3 is 5.97 Å². The zero-order chi connectivity index (χ0) is 54.5. The molecule has 1 fully saturated rings. The average molecular weight is 1060 g/mol. The van der Waals surface area contributed by atoms with E-state index in [1.807, 2.05) is 6.08 Å². The Labute approximate surface area is 461 Å². The number of carbonyl (C=O) groups excluding carboxylic acids is 2. The number of amides is 1. The lowest BCUT2D eigenvalue weighted by molar-refractivity contribution is -0.302. The molecule has 0 aliphatic carbocycles. The Bertz CT molecular complexity index is 1300. The van der Waals surface area contributed by atoms with E-state index in [9.17, 15) is 35.1 Å². The number of aliphatic hydroxyl groups is 5. The number of unbranched alkanes of at least 4 members (excludes halogenated alkanes) is 40. The maximum atomic E-state index is 13.0. The van der Waals surface area contributed by atoms with Crippen LogP contribution in [-0.4, -0.2) is 100 Å². The van der Waals surface area contributed by atoms with Crippen LogP contribution in [0.5, 0.6) is 0 Å². The van der Waals surface area contributed by atoms with Gasteiger partial charge < -0.3 is 45.1 Å². The summed E-state index contributed by atoms with van der Waals surface area (Å²) in [5.74, 6) is -0.190. The largest absolute Gasteiger partial charge is 0.466 e. The minimum absolute atomic E-state index is 0.00631. The zero-order valence-corrected chi connectivity index (χ0v) is 48.8. The minimum Gasteiger partial charge on any atom is -0.466 e. The van der Waals surface area contributed by atoms with Crippen molar-refractivity contribution in [2.24, 2.45) is 0 Å². The summed E-state index contributed by atoms with van der Waals surface area (Å²) in [5.41, 5.74) is 0. The molecule has 0 aromatic carbocycles. The van der Waals surface area contributed by atoms with Crippen molar-refractivity contribution in [3.8, 4) is 0 Å². The van der Waals surface area contributed by atoms with Gasteiger partial charge in [-0.1, -0.05) is 263 Å². The monoisotopic (exact) mass is 1060 g/mol. The predicted octanol–water partition coefficient (Wildman–Crippen LogP) is 15.3. The first kappa shape index (κ1) is 71.2. The average Bonchev–Trinajstić information content (AvgIpc) is 3.41. The lowest BCUT2D eigenvalue weighted by atomic mass is 9.99. The summed E-state index contributed by atoms with van der Waals surface area (Å²) in [6, 6.07) is -0.808. The van der Waals surface area contributed by atoms with Crippen molar-refractivity contribution in [1.29, 1.82) is 0 Å². The highest BCUT2D eigenvalue weighted by atomic mass is 16.7. The van der Waals surface area contributed by atoms with E-state index >= 15 is 0 Å². The highest BCUT2D eigenvalue weighted by molar-refractivity contribution is 5.76.